The third-order valence-corrected chi connectivity index (χ3v) is 4.05. The van der Waals surface area contributed by atoms with Crippen molar-refractivity contribution in [1.82, 2.24) is 0 Å². The molecule has 1 aliphatic rings. The highest BCUT2D eigenvalue weighted by atomic mass is 35.5. The van der Waals surface area contributed by atoms with Gasteiger partial charge in [0.2, 0.25) is 0 Å². The zero-order valence-corrected chi connectivity index (χ0v) is 12.0. The molecular formula is C16H14Cl2O. The molecule has 0 atom stereocenters. The molecule has 0 bridgehead atoms. The summed E-state index contributed by atoms with van der Waals surface area (Å²) < 4.78 is 5.93. The molecule has 2 aromatic carbocycles. The highest BCUT2D eigenvalue weighted by Crippen LogP contribution is 2.42. The first-order chi connectivity index (χ1) is 9.27. The summed E-state index contributed by atoms with van der Waals surface area (Å²) in [6, 6.07) is 11.8. The SMILES string of the molecule is Clc1cccc(Cl)c1-c1cccc2c1OCCCC2. The molecule has 0 aliphatic carbocycles. The molecule has 1 nitrogen and oxygen atoms in total. The first-order valence-corrected chi connectivity index (χ1v) is 7.22. The van der Waals surface area contributed by atoms with Crippen LogP contribution in [0.2, 0.25) is 10.0 Å². The van der Waals surface area contributed by atoms with E-state index in [1.165, 1.54) is 5.56 Å². The van der Waals surface area contributed by atoms with Crippen molar-refractivity contribution in [3.63, 3.8) is 0 Å². The molecule has 3 heteroatoms. The van der Waals surface area contributed by atoms with Crippen molar-refractivity contribution in [3.05, 3.63) is 52.0 Å². The number of halogens is 2. The Morgan fingerprint density at radius 1 is 0.895 bits per heavy atom. The second kappa shape index (κ2) is 5.44. The number of para-hydroxylation sites is 1. The fourth-order valence-corrected chi connectivity index (χ4v) is 3.10. The molecule has 0 spiro atoms. The smallest absolute Gasteiger partial charge is 0.130 e. The van der Waals surface area contributed by atoms with Gasteiger partial charge < -0.3 is 4.74 Å². The van der Waals surface area contributed by atoms with E-state index in [-0.39, 0.29) is 0 Å². The molecule has 1 heterocycles. The first kappa shape index (κ1) is 12.8. The molecule has 0 saturated carbocycles. The molecule has 3 rings (SSSR count). The lowest BCUT2D eigenvalue weighted by atomic mass is 9.99. The van der Waals surface area contributed by atoms with Crippen molar-refractivity contribution in [2.24, 2.45) is 0 Å². The van der Waals surface area contributed by atoms with Gasteiger partial charge in [0.15, 0.2) is 0 Å². The average molecular weight is 293 g/mol. The lowest BCUT2D eigenvalue weighted by Crippen LogP contribution is -1.97. The minimum Gasteiger partial charge on any atom is -0.493 e. The molecule has 19 heavy (non-hydrogen) atoms. The summed E-state index contributed by atoms with van der Waals surface area (Å²) in [5.74, 6) is 0.940. The molecule has 0 N–H and O–H groups in total. The van der Waals surface area contributed by atoms with E-state index in [2.05, 4.69) is 6.07 Å². The molecule has 0 saturated heterocycles. The van der Waals surface area contributed by atoms with Crippen molar-refractivity contribution in [2.45, 2.75) is 19.3 Å². The molecule has 0 radical (unpaired) electrons. The van der Waals surface area contributed by atoms with Crippen molar-refractivity contribution in [1.29, 1.82) is 0 Å². The number of benzene rings is 2. The molecule has 0 unspecified atom stereocenters. The quantitative estimate of drug-likeness (QED) is 0.686. The van der Waals surface area contributed by atoms with E-state index >= 15 is 0 Å². The highest BCUT2D eigenvalue weighted by Gasteiger charge is 2.17. The molecule has 0 fully saturated rings. The Labute approximate surface area is 123 Å². The number of hydrogen-bond acceptors (Lipinski definition) is 1. The Balaban J connectivity index is 2.21. The number of hydrogen-bond donors (Lipinski definition) is 0. The number of rotatable bonds is 1. The summed E-state index contributed by atoms with van der Waals surface area (Å²) in [5.41, 5.74) is 3.10. The predicted octanol–water partition coefficient (Wildman–Crippen LogP) is 5.38. The third kappa shape index (κ3) is 2.45. The van der Waals surface area contributed by atoms with Gasteiger partial charge in [0.25, 0.3) is 0 Å². The van der Waals surface area contributed by atoms with Crippen LogP contribution in [0.15, 0.2) is 36.4 Å². The van der Waals surface area contributed by atoms with E-state index in [1.807, 2.05) is 30.3 Å². The minimum atomic E-state index is 0.661. The largest absolute Gasteiger partial charge is 0.493 e. The lowest BCUT2D eigenvalue weighted by molar-refractivity contribution is 0.318. The van der Waals surface area contributed by atoms with E-state index in [4.69, 9.17) is 27.9 Å². The zero-order chi connectivity index (χ0) is 13.2. The molecular weight excluding hydrogens is 279 g/mol. The van der Waals surface area contributed by atoms with Crippen LogP contribution in [0.25, 0.3) is 11.1 Å². The summed E-state index contributed by atoms with van der Waals surface area (Å²) in [6.07, 6.45) is 3.29. The Hall–Kier alpha value is -1.18. The molecule has 0 amide bonds. The Kier molecular flexibility index (Phi) is 3.67. The summed E-state index contributed by atoms with van der Waals surface area (Å²) in [6.45, 7) is 0.756. The number of aryl methyl sites for hydroxylation is 1. The van der Waals surface area contributed by atoms with Crippen LogP contribution in [0, 0.1) is 0 Å². The lowest BCUT2D eigenvalue weighted by Gasteiger charge is -2.15. The fourth-order valence-electron chi connectivity index (χ4n) is 2.50. The van der Waals surface area contributed by atoms with Crippen molar-refractivity contribution in [2.75, 3.05) is 6.61 Å². The monoisotopic (exact) mass is 292 g/mol. The number of fused-ring (bicyclic) bond motifs is 1. The Morgan fingerprint density at radius 3 is 2.42 bits per heavy atom. The van der Waals surface area contributed by atoms with Crippen LogP contribution in [0.4, 0.5) is 0 Å². The molecule has 98 valence electrons. The molecule has 0 aromatic heterocycles. The van der Waals surface area contributed by atoms with Gasteiger partial charge in [-0.15, -0.1) is 0 Å². The minimum absolute atomic E-state index is 0.661. The maximum atomic E-state index is 6.31. The maximum absolute atomic E-state index is 6.31. The van der Waals surface area contributed by atoms with E-state index < -0.39 is 0 Å². The van der Waals surface area contributed by atoms with E-state index in [0.29, 0.717) is 10.0 Å². The van der Waals surface area contributed by atoms with Gasteiger partial charge in [-0.3, -0.25) is 0 Å². The van der Waals surface area contributed by atoms with Crippen molar-refractivity contribution < 1.29 is 4.74 Å². The topological polar surface area (TPSA) is 9.23 Å². The van der Waals surface area contributed by atoms with Gasteiger partial charge in [0, 0.05) is 11.1 Å². The third-order valence-electron chi connectivity index (χ3n) is 3.42. The van der Waals surface area contributed by atoms with Crippen LogP contribution in [-0.2, 0) is 6.42 Å². The molecule has 1 aliphatic heterocycles. The van der Waals surface area contributed by atoms with Gasteiger partial charge in [-0.2, -0.15) is 0 Å². The molecule has 2 aromatic rings. The summed E-state index contributed by atoms with van der Waals surface area (Å²) in [5, 5.41) is 1.32. The predicted molar refractivity (Wildman–Crippen MR) is 80.3 cm³/mol. The maximum Gasteiger partial charge on any atom is 0.130 e. The van der Waals surface area contributed by atoms with Gasteiger partial charge in [0.05, 0.1) is 16.7 Å². The van der Waals surface area contributed by atoms with Gasteiger partial charge in [-0.25, -0.2) is 0 Å². The summed E-state index contributed by atoms with van der Waals surface area (Å²) in [7, 11) is 0. The average Bonchev–Trinajstić information content (AvgIpc) is 2.64. The fraction of sp³-hybridized carbons (Fsp3) is 0.250. The van der Waals surface area contributed by atoms with Crippen LogP contribution < -0.4 is 4.74 Å². The summed E-state index contributed by atoms with van der Waals surface area (Å²) in [4.78, 5) is 0. The van der Waals surface area contributed by atoms with E-state index in [0.717, 1.165) is 42.7 Å². The highest BCUT2D eigenvalue weighted by molar-refractivity contribution is 6.39. The first-order valence-electron chi connectivity index (χ1n) is 6.46. The van der Waals surface area contributed by atoms with E-state index in [1.54, 1.807) is 0 Å². The number of ether oxygens (including phenoxy) is 1. The van der Waals surface area contributed by atoms with Crippen LogP contribution in [0.3, 0.4) is 0 Å². The van der Waals surface area contributed by atoms with E-state index in [9.17, 15) is 0 Å². The second-order valence-corrected chi connectivity index (χ2v) is 5.51. The summed E-state index contributed by atoms with van der Waals surface area (Å²) >= 11 is 12.6. The van der Waals surface area contributed by atoms with Gasteiger partial charge >= 0.3 is 0 Å². The standard InChI is InChI=1S/C16H14Cl2O/c17-13-8-4-9-14(18)15(13)12-7-3-6-11-5-1-2-10-19-16(11)12/h3-4,6-9H,1-2,5,10H2. The van der Waals surface area contributed by atoms with Crippen LogP contribution in [0.1, 0.15) is 18.4 Å². The van der Waals surface area contributed by atoms with Gasteiger partial charge in [-0.05, 0) is 37.0 Å². The Bertz CT molecular complexity index is 587. The van der Waals surface area contributed by atoms with Crippen LogP contribution in [0.5, 0.6) is 5.75 Å². The van der Waals surface area contributed by atoms with Gasteiger partial charge in [0.1, 0.15) is 5.75 Å². The zero-order valence-electron chi connectivity index (χ0n) is 10.5. The second-order valence-electron chi connectivity index (χ2n) is 4.70. The normalized spacial score (nSPS) is 14.4. The Morgan fingerprint density at radius 2 is 1.63 bits per heavy atom. The van der Waals surface area contributed by atoms with Crippen molar-refractivity contribution in [3.8, 4) is 16.9 Å². The van der Waals surface area contributed by atoms with Gasteiger partial charge in [-0.1, -0.05) is 47.5 Å². The van der Waals surface area contributed by atoms with Crippen LogP contribution in [-0.4, -0.2) is 6.61 Å². The van der Waals surface area contributed by atoms with Crippen LogP contribution >= 0.6 is 23.2 Å². The van der Waals surface area contributed by atoms with Crippen molar-refractivity contribution >= 4 is 23.2 Å².